The van der Waals surface area contributed by atoms with E-state index in [0.29, 0.717) is 0 Å². The number of hydrogen-bond acceptors (Lipinski definition) is 0. The lowest BCUT2D eigenvalue weighted by molar-refractivity contribution is 0.430. The topological polar surface area (TPSA) is 0 Å². The normalized spacial score (nSPS) is 12.6. The Balaban J connectivity index is 3.17. The molecule has 0 spiro atoms. The third-order valence-electron chi connectivity index (χ3n) is 8.51. The van der Waals surface area contributed by atoms with E-state index < -0.39 is 0 Å². The van der Waals surface area contributed by atoms with Crippen LogP contribution in [0, 0.1) is 5.92 Å². The minimum Gasteiger partial charge on any atom is -0.0885 e. The predicted molar refractivity (Wildman–Crippen MR) is 173 cm³/mol. The summed E-state index contributed by atoms with van der Waals surface area (Å²) in [5.74, 6) is 0.960. The first kappa shape index (κ1) is 36.7. The second kappa shape index (κ2) is 33.8. The van der Waals surface area contributed by atoms with Gasteiger partial charge in [0.25, 0.3) is 0 Å². The van der Waals surface area contributed by atoms with Gasteiger partial charge in [0.05, 0.1) is 0 Å². The van der Waals surface area contributed by atoms with Crippen molar-refractivity contribution < 1.29 is 0 Å². The van der Waals surface area contributed by atoms with Crippen molar-refractivity contribution in [2.75, 3.05) is 0 Å². The number of rotatable bonds is 32. The summed E-state index contributed by atoms with van der Waals surface area (Å²) in [4.78, 5) is 0. The summed E-state index contributed by atoms with van der Waals surface area (Å²) >= 11 is 0. The van der Waals surface area contributed by atoms with E-state index >= 15 is 0 Å². The molecule has 0 nitrogen and oxygen atoms in total. The van der Waals surface area contributed by atoms with Gasteiger partial charge in [0.2, 0.25) is 0 Å². The first-order valence-corrected chi connectivity index (χ1v) is 18.0. The molecule has 0 saturated carbocycles. The summed E-state index contributed by atoms with van der Waals surface area (Å²) in [6.07, 6.45) is 49.8. The van der Waals surface area contributed by atoms with Crippen molar-refractivity contribution >= 4 is 0 Å². The van der Waals surface area contributed by atoms with Gasteiger partial charge in [-0.05, 0) is 31.6 Å². The van der Waals surface area contributed by atoms with Crippen LogP contribution in [0.2, 0.25) is 0 Å². The van der Waals surface area contributed by atoms with Crippen LogP contribution in [0.5, 0.6) is 0 Å². The zero-order valence-corrected chi connectivity index (χ0v) is 26.7. The Morgan fingerprint density at radius 3 is 0.865 bits per heavy atom. The van der Waals surface area contributed by atoms with E-state index in [0.717, 1.165) is 5.92 Å². The van der Waals surface area contributed by atoms with Crippen LogP contribution in [0.25, 0.3) is 0 Å². The second-order valence-electron chi connectivity index (χ2n) is 12.6. The summed E-state index contributed by atoms with van der Waals surface area (Å²) in [5.41, 5.74) is 0. The molecule has 0 aliphatic carbocycles. The lowest BCUT2D eigenvalue weighted by atomic mass is 9.95. The van der Waals surface area contributed by atoms with E-state index in [4.69, 9.17) is 0 Å². The van der Waals surface area contributed by atoms with E-state index in [1.54, 1.807) is 0 Å². The molecule has 0 aliphatic heterocycles. The van der Waals surface area contributed by atoms with Crippen LogP contribution in [-0.4, -0.2) is 0 Å². The molecule has 0 fully saturated rings. The Kier molecular flexibility index (Phi) is 33.5. The van der Waals surface area contributed by atoms with E-state index in [-0.39, 0.29) is 0 Å². The van der Waals surface area contributed by atoms with Gasteiger partial charge in [0, 0.05) is 0 Å². The van der Waals surface area contributed by atoms with Gasteiger partial charge < -0.3 is 0 Å². The fourth-order valence-corrected chi connectivity index (χ4v) is 5.75. The van der Waals surface area contributed by atoms with Crippen LogP contribution in [0.4, 0.5) is 0 Å². The minimum absolute atomic E-state index is 0.960. The van der Waals surface area contributed by atoms with E-state index in [1.807, 2.05) is 0 Å². The molecule has 0 aromatic heterocycles. The molecule has 1 atom stereocenters. The fraction of sp³-hybridized carbons (Fsp3) is 0.946. The SMILES string of the molecule is CCCCCCCCCCCCCC=CCCCCCCCCCC(C)CCCCCCCCCCC. The van der Waals surface area contributed by atoms with Crippen molar-refractivity contribution in [1.82, 2.24) is 0 Å². The molecule has 37 heavy (non-hydrogen) atoms. The zero-order chi connectivity index (χ0) is 26.9. The summed E-state index contributed by atoms with van der Waals surface area (Å²) in [6.45, 7) is 7.11. The number of hydrogen-bond donors (Lipinski definition) is 0. The molecule has 0 aromatic carbocycles. The van der Waals surface area contributed by atoms with Gasteiger partial charge in [-0.15, -0.1) is 0 Å². The zero-order valence-electron chi connectivity index (χ0n) is 26.7. The molecule has 0 aliphatic rings. The van der Waals surface area contributed by atoms with E-state index in [1.165, 1.54) is 199 Å². The van der Waals surface area contributed by atoms with Crippen molar-refractivity contribution in [3.8, 4) is 0 Å². The Bertz CT molecular complexity index is 408. The van der Waals surface area contributed by atoms with Crippen molar-refractivity contribution in [3.63, 3.8) is 0 Å². The summed E-state index contributed by atoms with van der Waals surface area (Å²) in [5, 5.41) is 0. The monoisotopic (exact) mass is 519 g/mol. The van der Waals surface area contributed by atoms with E-state index in [2.05, 4.69) is 32.9 Å². The molecule has 0 aromatic rings. The average molecular weight is 519 g/mol. The number of allylic oxidation sites excluding steroid dienone is 2. The Hall–Kier alpha value is -0.260. The van der Waals surface area contributed by atoms with Gasteiger partial charge in [-0.2, -0.15) is 0 Å². The van der Waals surface area contributed by atoms with Crippen LogP contribution < -0.4 is 0 Å². The highest BCUT2D eigenvalue weighted by molar-refractivity contribution is 4.81. The summed E-state index contributed by atoms with van der Waals surface area (Å²) in [6, 6.07) is 0. The Morgan fingerprint density at radius 2 is 0.568 bits per heavy atom. The maximum atomic E-state index is 2.50. The van der Waals surface area contributed by atoms with Crippen LogP contribution in [0.1, 0.15) is 220 Å². The average Bonchev–Trinajstić information content (AvgIpc) is 2.90. The maximum Gasteiger partial charge on any atom is -0.0351 e. The molecule has 0 heterocycles. The third kappa shape index (κ3) is 33.7. The first-order valence-electron chi connectivity index (χ1n) is 18.0. The van der Waals surface area contributed by atoms with Crippen molar-refractivity contribution in [2.45, 2.75) is 220 Å². The van der Waals surface area contributed by atoms with Gasteiger partial charge in [0.1, 0.15) is 0 Å². The van der Waals surface area contributed by atoms with Gasteiger partial charge >= 0.3 is 0 Å². The van der Waals surface area contributed by atoms with Crippen LogP contribution in [-0.2, 0) is 0 Å². The molecule has 0 heteroatoms. The second-order valence-corrected chi connectivity index (χ2v) is 12.6. The van der Waals surface area contributed by atoms with Crippen molar-refractivity contribution in [3.05, 3.63) is 12.2 Å². The highest BCUT2D eigenvalue weighted by atomic mass is 14.1. The minimum atomic E-state index is 0.960. The fourth-order valence-electron chi connectivity index (χ4n) is 5.75. The molecule has 0 rings (SSSR count). The predicted octanol–water partition coefficient (Wildman–Crippen LogP) is 14.3. The lowest BCUT2D eigenvalue weighted by Gasteiger charge is -2.11. The highest BCUT2D eigenvalue weighted by Crippen LogP contribution is 2.19. The van der Waals surface area contributed by atoms with Crippen molar-refractivity contribution in [2.24, 2.45) is 5.92 Å². The lowest BCUT2D eigenvalue weighted by Crippen LogP contribution is -1.95. The number of unbranched alkanes of at least 4 members (excludes halogenated alkanes) is 26. The Labute approximate surface area is 237 Å². The molecule has 0 bridgehead atoms. The first-order chi connectivity index (χ1) is 18.3. The molecule has 0 amide bonds. The van der Waals surface area contributed by atoms with Crippen LogP contribution in [0.3, 0.4) is 0 Å². The third-order valence-corrected chi connectivity index (χ3v) is 8.51. The standard InChI is InChI=1S/C37H74/c1-4-6-8-10-12-14-15-16-17-18-19-20-21-22-23-24-25-26-28-30-32-34-36-37(3)35-33-31-29-27-13-11-9-7-5-2/h21-22,37H,4-20,23-36H2,1-3H3. The van der Waals surface area contributed by atoms with Crippen molar-refractivity contribution in [1.29, 1.82) is 0 Å². The molecule has 0 radical (unpaired) electrons. The van der Waals surface area contributed by atoms with E-state index in [9.17, 15) is 0 Å². The molecule has 0 saturated heterocycles. The molecular weight excluding hydrogens is 444 g/mol. The highest BCUT2D eigenvalue weighted by Gasteiger charge is 2.02. The quantitative estimate of drug-likeness (QED) is 0.0613. The molecule has 0 N–H and O–H groups in total. The summed E-state index contributed by atoms with van der Waals surface area (Å²) < 4.78 is 0. The van der Waals surface area contributed by atoms with Gasteiger partial charge in [-0.25, -0.2) is 0 Å². The largest absolute Gasteiger partial charge is 0.0885 e. The maximum absolute atomic E-state index is 2.50. The molecule has 1 unspecified atom stereocenters. The molecular formula is C37H74. The van der Waals surface area contributed by atoms with Gasteiger partial charge in [-0.1, -0.05) is 206 Å². The van der Waals surface area contributed by atoms with Crippen LogP contribution >= 0.6 is 0 Å². The van der Waals surface area contributed by atoms with Crippen LogP contribution in [0.15, 0.2) is 12.2 Å². The van der Waals surface area contributed by atoms with Gasteiger partial charge in [0.15, 0.2) is 0 Å². The van der Waals surface area contributed by atoms with Gasteiger partial charge in [-0.3, -0.25) is 0 Å². The molecule has 222 valence electrons. The summed E-state index contributed by atoms with van der Waals surface area (Å²) in [7, 11) is 0. The smallest absolute Gasteiger partial charge is 0.0351 e. The Morgan fingerprint density at radius 1 is 0.324 bits per heavy atom.